The van der Waals surface area contributed by atoms with Crippen LogP contribution in [0.2, 0.25) is 0 Å². The van der Waals surface area contributed by atoms with Crippen LogP contribution >= 0.6 is 0 Å². The Morgan fingerprint density at radius 3 is 2.57 bits per heavy atom. The van der Waals surface area contributed by atoms with Crippen LogP contribution in [-0.4, -0.2) is 30.0 Å². The van der Waals surface area contributed by atoms with Crippen LogP contribution in [0.4, 0.5) is 4.39 Å². The van der Waals surface area contributed by atoms with Crippen molar-refractivity contribution in [3.63, 3.8) is 0 Å². The number of pyridine rings is 1. The fourth-order valence-electron chi connectivity index (χ4n) is 3.18. The third kappa shape index (κ3) is 2.84. The minimum atomic E-state index is -0.608. The van der Waals surface area contributed by atoms with E-state index in [0.29, 0.717) is 16.6 Å². The monoisotopic (exact) mass is 403 g/mol. The number of H-pyrrole nitrogens is 1. The number of rotatable bonds is 3. The number of halogens is 1. The van der Waals surface area contributed by atoms with Gasteiger partial charge in [0.1, 0.15) is 22.8 Å². The molecule has 148 valence electrons. The molecule has 0 atom stereocenters. The highest BCUT2D eigenvalue weighted by atomic mass is 19.1. The van der Waals surface area contributed by atoms with Gasteiger partial charge in [-0.1, -0.05) is 22.9 Å². The van der Waals surface area contributed by atoms with Crippen LogP contribution in [0, 0.1) is 12.7 Å². The second-order valence-corrected chi connectivity index (χ2v) is 6.76. The average molecular weight is 403 g/mol. The molecule has 2 N–H and O–H groups in total. The Morgan fingerprint density at radius 1 is 1.10 bits per heavy atom. The molecule has 9 heteroatoms. The van der Waals surface area contributed by atoms with Crippen molar-refractivity contribution in [3.05, 3.63) is 76.5 Å². The number of aromatic nitrogens is 5. The Labute approximate surface area is 168 Å². The van der Waals surface area contributed by atoms with Gasteiger partial charge in [-0.2, -0.15) is 10.1 Å². The molecule has 0 amide bonds. The first-order chi connectivity index (χ1) is 14.5. The molecule has 0 radical (unpaired) electrons. The summed E-state index contributed by atoms with van der Waals surface area (Å²) < 4.78 is 19.8. The van der Waals surface area contributed by atoms with E-state index >= 15 is 0 Å². The summed E-state index contributed by atoms with van der Waals surface area (Å²) in [5, 5.41) is 19.2. The molecule has 2 aromatic carbocycles. The van der Waals surface area contributed by atoms with Crippen LogP contribution in [0.15, 0.2) is 64.0 Å². The maximum Gasteiger partial charge on any atom is 0.267 e. The highest BCUT2D eigenvalue weighted by Crippen LogP contribution is 2.32. The number of nitrogens with one attached hydrogen (secondary N) is 1. The number of fused-ring (bicyclic) bond motifs is 1. The van der Waals surface area contributed by atoms with Crippen molar-refractivity contribution in [1.82, 2.24) is 24.9 Å². The average Bonchev–Trinajstić information content (AvgIpc) is 3.37. The van der Waals surface area contributed by atoms with E-state index in [2.05, 4.69) is 20.2 Å². The summed E-state index contributed by atoms with van der Waals surface area (Å²) >= 11 is 0. The summed E-state index contributed by atoms with van der Waals surface area (Å²) in [5.74, 6) is -0.702. The molecule has 0 spiro atoms. The topological polar surface area (TPSA) is 110 Å². The standard InChI is InChI=1S/C21H14FN5O3/c1-11-2-8-14(9-3-11)27-19-15(10-23-27)17(28)16(20(29)25-19)21-24-18(26-30-21)12-4-6-13(22)7-5-12/h2-10H,1H3,(H2,25,28,29). The molecule has 0 unspecified atom stereocenters. The smallest absolute Gasteiger partial charge is 0.267 e. The number of aryl methyl sites for hydroxylation is 1. The largest absolute Gasteiger partial charge is 0.506 e. The molecular weight excluding hydrogens is 389 g/mol. The first-order valence-electron chi connectivity index (χ1n) is 9.01. The quantitative estimate of drug-likeness (QED) is 0.476. The first-order valence-corrected chi connectivity index (χ1v) is 9.01. The minimum Gasteiger partial charge on any atom is -0.506 e. The van der Waals surface area contributed by atoms with Gasteiger partial charge in [0.2, 0.25) is 5.82 Å². The van der Waals surface area contributed by atoms with Gasteiger partial charge in [0.15, 0.2) is 0 Å². The van der Waals surface area contributed by atoms with E-state index in [-0.39, 0.29) is 23.0 Å². The van der Waals surface area contributed by atoms with Gasteiger partial charge in [-0.3, -0.25) is 4.79 Å². The van der Waals surface area contributed by atoms with Gasteiger partial charge in [0.05, 0.1) is 17.3 Å². The normalized spacial score (nSPS) is 11.3. The van der Waals surface area contributed by atoms with Crippen molar-refractivity contribution >= 4 is 11.0 Å². The van der Waals surface area contributed by atoms with Crippen molar-refractivity contribution in [1.29, 1.82) is 0 Å². The van der Waals surface area contributed by atoms with Crippen molar-refractivity contribution in [2.24, 2.45) is 0 Å². The van der Waals surface area contributed by atoms with E-state index in [1.165, 1.54) is 35.1 Å². The Hall–Kier alpha value is -4.27. The number of benzene rings is 2. The van der Waals surface area contributed by atoms with E-state index in [9.17, 15) is 14.3 Å². The lowest BCUT2D eigenvalue weighted by molar-refractivity contribution is 0.426. The van der Waals surface area contributed by atoms with Crippen LogP contribution in [0.25, 0.3) is 39.6 Å². The van der Waals surface area contributed by atoms with Crippen LogP contribution in [0.5, 0.6) is 5.75 Å². The molecule has 30 heavy (non-hydrogen) atoms. The number of aromatic hydroxyl groups is 1. The summed E-state index contributed by atoms with van der Waals surface area (Å²) in [6, 6.07) is 13.1. The third-order valence-corrected chi connectivity index (χ3v) is 4.74. The van der Waals surface area contributed by atoms with E-state index in [0.717, 1.165) is 11.3 Å². The highest BCUT2D eigenvalue weighted by Gasteiger charge is 2.22. The van der Waals surface area contributed by atoms with E-state index in [1.54, 1.807) is 0 Å². The van der Waals surface area contributed by atoms with E-state index in [1.807, 2.05) is 31.2 Å². The third-order valence-electron chi connectivity index (χ3n) is 4.74. The summed E-state index contributed by atoms with van der Waals surface area (Å²) in [6.07, 6.45) is 1.45. The first kappa shape index (κ1) is 17.8. The zero-order valence-corrected chi connectivity index (χ0v) is 15.6. The molecule has 0 saturated heterocycles. The van der Waals surface area contributed by atoms with Crippen LogP contribution in [0.3, 0.4) is 0 Å². The molecule has 3 heterocycles. The predicted molar refractivity (Wildman–Crippen MR) is 107 cm³/mol. The Balaban J connectivity index is 1.62. The minimum absolute atomic E-state index is 0.155. The summed E-state index contributed by atoms with van der Waals surface area (Å²) in [5.41, 5.74) is 1.89. The second-order valence-electron chi connectivity index (χ2n) is 6.76. The molecule has 0 aliphatic carbocycles. The maximum absolute atomic E-state index is 13.1. The van der Waals surface area contributed by atoms with Gasteiger partial charge in [-0.25, -0.2) is 9.07 Å². The van der Waals surface area contributed by atoms with Crippen molar-refractivity contribution < 1.29 is 14.0 Å². The molecule has 0 aliphatic heterocycles. The maximum atomic E-state index is 13.1. The van der Waals surface area contributed by atoms with E-state index < -0.39 is 11.4 Å². The fraction of sp³-hybridized carbons (Fsp3) is 0.0476. The molecule has 0 aliphatic rings. The van der Waals surface area contributed by atoms with Crippen LogP contribution < -0.4 is 5.56 Å². The molecule has 0 saturated carbocycles. The van der Waals surface area contributed by atoms with Gasteiger partial charge >= 0.3 is 0 Å². The van der Waals surface area contributed by atoms with Gasteiger partial charge in [-0.05, 0) is 43.3 Å². The van der Waals surface area contributed by atoms with Gasteiger partial charge in [0, 0.05) is 5.56 Å². The summed E-state index contributed by atoms with van der Waals surface area (Å²) in [4.78, 5) is 19.6. The van der Waals surface area contributed by atoms with E-state index in [4.69, 9.17) is 4.52 Å². The predicted octanol–water partition coefficient (Wildman–Crippen LogP) is 3.58. The number of hydrogen-bond donors (Lipinski definition) is 2. The molecular formula is C21H14FN5O3. The summed E-state index contributed by atoms with van der Waals surface area (Å²) in [7, 11) is 0. The van der Waals surface area contributed by atoms with Gasteiger partial charge in [-0.15, -0.1) is 0 Å². The molecule has 0 bridgehead atoms. The molecule has 0 fully saturated rings. The molecule has 5 aromatic rings. The van der Waals surface area contributed by atoms with Gasteiger partial charge in [0.25, 0.3) is 11.4 Å². The Kier molecular flexibility index (Phi) is 3.95. The van der Waals surface area contributed by atoms with Crippen molar-refractivity contribution in [2.75, 3.05) is 0 Å². The lowest BCUT2D eigenvalue weighted by atomic mass is 10.2. The number of aromatic amines is 1. The van der Waals surface area contributed by atoms with Crippen molar-refractivity contribution in [2.45, 2.75) is 6.92 Å². The number of nitrogens with zero attached hydrogens (tertiary/aromatic N) is 4. The summed E-state index contributed by atoms with van der Waals surface area (Å²) in [6.45, 7) is 1.97. The SMILES string of the molecule is Cc1ccc(-n2ncc3c(O)c(-c4nc(-c5ccc(F)cc5)no4)c(=O)[nH]c32)cc1. The second kappa shape index (κ2) is 6.66. The number of hydrogen-bond acceptors (Lipinski definition) is 6. The Bertz CT molecular complexity index is 1430. The Morgan fingerprint density at radius 2 is 1.83 bits per heavy atom. The van der Waals surface area contributed by atoms with Crippen LogP contribution in [-0.2, 0) is 0 Å². The molecule has 5 rings (SSSR count). The molecule has 3 aromatic heterocycles. The zero-order valence-electron chi connectivity index (χ0n) is 15.6. The lowest BCUT2D eigenvalue weighted by Gasteiger charge is -2.05. The lowest BCUT2D eigenvalue weighted by Crippen LogP contribution is -2.11. The zero-order chi connectivity index (χ0) is 20.8. The van der Waals surface area contributed by atoms with Gasteiger partial charge < -0.3 is 14.6 Å². The fourth-order valence-corrected chi connectivity index (χ4v) is 3.18. The van der Waals surface area contributed by atoms with Crippen LogP contribution in [0.1, 0.15) is 5.56 Å². The molecule has 8 nitrogen and oxygen atoms in total. The van der Waals surface area contributed by atoms with Crippen molar-refractivity contribution in [3.8, 4) is 34.3 Å². The highest BCUT2D eigenvalue weighted by molar-refractivity contribution is 5.89.